The van der Waals surface area contributed by atoms with Crippen molar-refractivity contribution in [3.05, 3.63) is 376 Å². The van der Waals surface area contributed by atoms with Gasteiger partial charge in [0.05, 0.1) is 27.8 Å². The van der Waals surface area contributed by atoms with Crippen molar-refractivity contribution in [1.29, 1.82) is 0 Å². The Bertz CT molecular complexity index is 7540. The normalized spacial score (nSPS) is 12.0. The first-order valence-electron chi connectivity index (χ1n) is 37.3. The molecule has 110 heavy (non-hydrogen) atoms. The smallest absolute Gasteiger partial charge is 0.159 e. The van der Waals surface area contributed by atoms with Crippen LogP contribution in [-0.4, -0.2) is 9.13 Å². The van der Waals surface area contributed by atoms with Crippen LogP contribution in [0.1, 0.15) is 0 Å². The van der Waals surface area contributed by atoms with Crippen LogP contribution in [0.2, 0.25) is 0 Å². The average molecular weight is 1410 g/mol. The minimum Gasteiger partial charge on any atom is -0.456 e. The fourth-order valence-corrected chi connectivity index (χ4v) is 17.4. The number of nitrogens with zero attached hydrogens (tertiary/aromatic N) is 4. The van der Waals surface area contributed by atoms with Crippen LogP contribution in [0.4, 0.5) is 34.1 Å². The van der Waals surface area contributed by atoms with Gasteiger partial charge in [-0.1, -0.05) is 218 Å². The SMILES string of the molecule is c1ccc(-c2ccc(N(c3ccc(-c4cc(-n5c6ccccc6c6ccccc65)cc5c4oc4ccccc45)cc3)c3ccc4c(c3)oc3ccc(-c5ccc6c(c5)oc5c(-c7ccc(N(c8ccccc8)c8cccc9c8oc8ccccc89)cc7)cc(-n7c8ccccc8c8ccccc87)cc56)cc34)cc2)cc1. The molecule has 23 aromatic rings. The molecule has 0 aliphatic heterocycles. The van der Waals surface area contributed by atoms with Crippen molar-refractivity contribution < 1.29 is 17.7 Å². The van der Waals surface area contributed by atoms with Crippen LogP contribution < -0.4 is 9.80 Å². The van der Waals surface area contributed by atoms with Gasteiger partial charge in [0.1, 0.15) is 39.1 Å². The summed E-state index contributed by atoms with van der Waals surface area (Å²) in [6.07, 6.45) is 0. The second kappa shape index (κ2) is 24.3. The van der Waals surface area contributed by atoms with E-state index in [1.807, 2.05) is 18.2 Å². The fourth-order valence-electron chi connectivity index (χ4n) is 17.4. The minimum atomic E-state index is 0.787. The van der Waals surface area contributed by atoms with Crippen molar-refractivity contribution in [3.63, 3.8) is 0 Å². The van der Waals surface area contributed by atoms with Gasteiger partial charge in [-0.05, 0) is 185 Å². The Labute approximate surface area is 630 Å². The summed E-state index contributed by atoms with van der Waals surface area (Å²) in [6.45, 7) is 0. The van der Waals surface area contributed by atoms with Crippen LogP contribution in [-0.2, 0) is 0 Å². The second-order valence-corrected chi connectivity index (χ2v) is 28.6. The van der Waals surface area contributed by atoms with Crippen LogP contribution >= 0.6 is 0 Å². The standard InChI is InChI=1S/C102H62N4O4/c1-3-20-63(21-4-1)64-38-46-70(47-39-64)103(71-48-40-65(41-49-71)85-58-74(60-88-81-29-12-18-37-96(81)108-100(85)88)105-90-31-13-7-24-76(90)77-25-8-14-32-91(77)105)73-52-54-82-87-56-67(45-55-97(87)107-99(82)62-73)68-44-53-83-89-61-75(106-92-33-15-9-26-78(92)79-27-10-16-34-93(79)106)59-86(101(89)110-98(83)57-68)66-42-50-72(51-43-66)104(69-22-5-2-6-23-69)94-35-19-30-84-80-28-11-17-36-95(80)109-102(84)94/h1-62H. The van der Waals surface area contributed by atoms with Crippen LogP contribution in [0.25, 0.3) is 187 Å². The molecule has 8 heteroatoms. The van der Waals surface area contributed by atoms with Crippen LogP contribution in [0.15, 0.2) is 394 Å². The number of anilines is 6. The minimum absolute atomic E-state index is 0.787. The van der Waals surface area contributed by atoms with Crippen molar-refractivity contribution in [2.24, 2.45) is 0 Å². The van der Waals surface area contributed by atoms with E-state index < -0.39 is 0 Å². The molecular formula is C102H62N4O4. The molecule has 0 amide bonds. The van der Waals surface area contributed by atoms with Crippen molar-refractivity contribution in [2.75, 3.05) is 9.80 Å². The van der Waals surface area contributed by atoms with E-state index >= 15 is 0 Å². The van der Waals surface area contributed by atoms with E-state index in [4.69, 9.17) is 17.7 Å². The van der Waals surface area contributed by atoms with Crippen molar-refractivity contribution in [2.45, 2.75) is 0 Å². The Morgan fingerprint density at radius 3 is 1.13 bits per heavy atom. The first-order valence-corrected chi connectivity index (χ1v) is 37.3. The Morgan fingerprint density at radius 2 is 0.555 bits per heavy atom. The number of benzene rings is 17. The molecule has 0 spiro atoms. The number of aromatic nitrogens is 2. The van der Waals surface area contributed by atoms with Gasteiger partial charge in [0.25, 0.3) is 0 Å². The Kier molecular flexibility index (Phi) is 13.6. The highest BCUT2D eigenvalue weighted by Gasteiger charge is 2.26. The van der Waals surface area contributed by atoms with Gasteiger partial charge in [0.2, 0.25) is 0 Å². The molecule has 0 N–H and O–H groups in total. The number of fused-ring (bicyclic) bond motifs is 18. The number of hydrogen-bond donors (Lipinski definition) is 0. The lowest BCUT2D eigenvalue weighted by Crippen LogP contribution is -2.10. The van der Waals surface area contributed by atoms with Gasteiger partial charge in [-0.3, -0.25) is 0 Å². The quantitative estimate of drug-likeness (QED) is 0.121. The van der Waals surface area contributed by atoms with E-state index in [9.17, 15) is 0 Å². The molecule has 0 aliphatic carbocycles. The molecule has 0 fully saturated rings. The monoisotopic (exact) mass is 1410 g/mol. The topological polar surface area (TPSA) is 68.9 Å². The zero-order chi connectivity index (χ0) is 72.1. The highest BCUT2D eigenvalue weighted by molar-refractivity contribution is 6.17. The molecule has 17 aromatic carbocycles. The first-order chi connectivity index (χ1) is 54.5. The number of rotatable bonds is 12. The molecular weight excluding hydrogens is 1350 g/mol. The third-order valence-corrected chi connectivity index (χ3v) is 22.5. The van der Waals surface area contributed by atoms with Gasteiger partial charge < -0.3 is 36.6 Å². The molecule has 6 aromatic heterocycles. The molecule has 0 radical (unpaired) electrons. The van der Waals surface area contributed by atoms with Crippen LogP contribution in [0.5, 0.6) is 0 Å². The van der Waals surface area contributed by atoms with Crippen LogP contribution in [0, 0.1) is 0 Å². The second-order valence-electron chi connectivity index (χ2n) is 28.6. The zero-order valence-electron chi connectivity index (χ0n) is 59.2. The van der Waals surface area contributed by atoms with Crippen molar-refractivity contribution >= 4 is 165 Å². The van der Waals surface area contributed by atoms with Gasteiger partial charge in [-0.2, -0.15) is 0 Å². The van der Waals surface area contributed by atoms with Gasteiger partial charge in [0.15, 0.2) is 5.58 Å². The van der Waals surface area contributed by atoms with E-state index in [0.29, 0.717) is 0 Å². The van der Waals surface area contributed by atoms with Gasteiger partial charge in [0, 0.05) is 122 Å². The third-order valence-electron chi connectivity index (χ3n) is 22.5. The molecule has 0 saturated heterocycles. The summed E-state index contributed by atoms with van der Waals surface area (Å²) < 4.78 is 32.5. The molecule has 8 nitrogen and oxygen atoms in total. The summed E-state index contributed by atoms with van der Waals surface area (Å²) in [5, 5.41) is 13.3. The number of para-hydroxylation sites is 8. The van der Waals surface area contributed by atoms with E-state index in [0.717, 1.165) is 200 Å². The molecule has 0 unspecified atom stereocenters. The molecule has 514 valence electrons. The lowest BCUT2D eigenvalue weighted by atomic mass is 9.99. The van der Waals surface area contributed by atoms with Crippen molar-refractivity contribution in [1.82, 2.24) is 9.13 Å². The van der Waals surface area contributed by atoms with Gasteiger partial charge in [-0.15, -0.1) is 0 Å². The maximum atomic E-state index is 7.26. The number of hydrogen-bond acceptors (Lipinski definition) is 6. The Hall–Kier alpha value is -14.9. The first kappa shape index (κ1) is 61.4. The van der Waals surface area contributed by atoms with E-state index in [1.54, 1.807) is 0 Å². The largest absolute Gasteiger partial charge is 0.456 e. The Morgan fingerprint density at radius 1 is 0.182 bits per heavy atom. The molecule has 0 atom stereocenters. The predicted molar refractivity (Wildman–Crippen MR) is 455 cm³/mol. The summed E-state index contributed by atoms with van der Waals surface area (Å²) >= 11 is 0. The lowest BCUT2D eigenvalue weighted by Gasteiger charge is -2.26. The lowest BCUT2D eigenvalue weighted by molar-refractivity contribution is 0.668. The van der Waals surface area contributed by atoms with Gasteiger partial charge in [-0.25, -0.2) is 0 Å². The van der Waals surface area contributed by atoms with E-state index in [2.05, 4.69) is 377 Å². The molecule has 23 rings (SSSR count). The molecule has 6 heterocycles. The number of furan rings is 4. The third kappa shape index (κ3) is 9.66. The Balaban J connectivity index is 0.628. The maximum Gasteiger partial charge on any atom is 0.159 e. The maximum absolute atomic E-state index is 7.26. The molecule has 0 bridgehead atoms. The summed E-state index contributed by atoms with van der Waals surface area (Å²) in [5.41, 5.74) is 27.7. The highest BCUT2D eigenvalue weighted by Crippen LogP contribution is 2.49. The fraction of sp³-hybridized carbons (Fsp3) is 0. The van der Waals surface area contributed by atoms with E-state index in [-0.39, 0.29) is 0 Å². The van der Waals surface area contributed by atoms with E-state index in [1.165, 1.54) is 21.5 Å². The highest BCUT2D eigenvalue weighted by atomic mass is 16.3. The van der Waals surface area contributed by atoms with Crippen LogP contribution in [0.3, 0.4) is 0 Å². The summed E-state index contributed by atoms with van der Waals surface area (Å²) in [6, 6.07) is 135. The summed E-state index contributed by atoms with van der Waals surface area (Å²) in [4.78, 5) is 4.61. The predicted octanol–water partition coefficient (Wildman–Crippen LogP) is 29.1. The average Bonchev–Trinajstić information content (AvgIpc) is 1.58. The van der Waals surface area contributed by atoms with Gasteiger partial charge >= 0.3 is 0 Å². The molecule has 0 aliphatic rings. The summed E-state index contributed by atoms with van der Waals surface area (Å²) in [5.74, 6) is 0. The molecule has 0 saturated carbocycles. The zero-order valence-corrected chi connectivity index (χ0v) is 59.2. The van der Waals surface area contributed by atoms with Crippen molar-refractivity contribution in [3.8, 4) is 55.9 Å². The summed E-state index contributed by atoms with van der Waals surface area (Å²) in [7, 11) is 0.